The standard InChI is InChI=1S/C26H27N5O/c32-26(11-6-18-4-2-1-3-5-18)31-23-8-10-25(31)21(13-23)17-30-24-9-7-19(12-20(24)16-29-30)22-14-27-28-15-22/h1-5,7,9,12,14-16,21,23,25H,6,8,10-11,13,17H2,(H,27,28). The van der Waals surface area contributed by atoms with Crippen molar-refractivity contribution in [2.45, 2.75) is 50.7 Å². The Morgan fingerprint density at radius 1 is 1.06 bits per heavy atom. The lowest BCUT2D eigenvalue weighted by atomic mass is 9.89. The van der Waals surface area contributed by atoms with E-state index in [-0.39, 0.29) is 0 Å². The molecule has 162 valence electrons. The molecule has 32 heavy (non-hydrogen) atoms. The number of hydrogen-bond acceptors (Lipinski definition) is 3. The van der Waals surface area contributed by atoms with Crippen LogP contribution in [0, 0.1) is 5.92 Å². The van der Waals surface area contributed by atoms with E-state index in [9.17, 15) is 4.79 Å². The van der Waals surface area contributed by atoms with Crippen molar-refractivity contribution in [3.05, 3.63) is 72.7 Å². The molecule has 1 amide bonds. The van der Waals surface area contributed by atoms with Crippen LogP contribution in [0.15, 0.2) is 67.1 Å². The molecule has 2 saturated heterocycles. The number of aromatic nitrogens is 4. The quantitative estimate of drug-likeness (QED) is 0.497. The van der Waals surface area contributed by atoms with E-state index in [4.69, 9.17) is 5.10 Å². The van der Waals surface area contributed by atoms with Crippen LogP contribution in [0.3, 0.4) is 0 Å². The molecule has 2 fully saturated rings. The number of aryl methyl sites for hydroxylation is 1. The summed E-state index contributed by atoms with van der Waals surface area (Å²) in [5.74, 6) is 0.796. The van der Waals surface area contributed by atoms with Gasteiger partial charge in [0.25, 0.3) is 0 Å². The van der Waals surface area contributed by atoms with E-state index in [1.54, 1.807) is 0 Å². The molecule has 6 rings (SSSR count). The van der Waals surface area contributed by atoms with Gasteiger partial charge < -0.3 is 4.90 Å². The van der Waals surface area contributed by atoms with Crippen LogP contribution in [-0.2, 0) is 17.8 Å². The molecular weight excluding hydrogens is 398 g/mol. The van der Waals surface area contributed by atoms with Gasteiger partial charge in [0.05, 0.1) is 17.9 Å². The maximum atomic E-state index is 13.1. The molecule has 0 aliphatic carbocycles. The Hall–Kier alpha value is -3.41. The molecule has 6 nitrogen and oxygen atoms in total. The zero-order chi connectivity index (χ0) is 21.5. The zero-order valence-electron chi connectivity index (χ0n) is 18.0. The topological polar surface area (TPSA) is 66.8 Å². The highest BCUT2D eigenvalue weighted by Gasteiger charge is 2.48. The number of amides is 1. The van der Waals surface area contributed by atoms with Crippen molar-refractivity contribution in [3.8, 4) is 11.1 Å². The molecule has 2 bridgehead atoms. The Morgan fingerprint density at radius 3 is 2.81 bits per heavy atom. The summed E-state index contributed by atoms with van der Waals surface area (Å²) in [5, 5.41) is 12.8. The zero-order valence-corrected chi connectivity index (χ0v) is 18.0. The Balaban J connectivity index is 1.15. The van der Waals surface area contributed by atoms with Crippen molar-refractivity contribution in [2.75, 3.05) is 0 Å². The number of rotatable bonds is 6. The third-order valence-electron chi connectivity index (χ3n) is 7.30. The predicted octanol–water partition coefficient (Wildman–Crippen LogP) is 4.44. The van der Waals surface area contributed by atoms with Crippen LogP contribution in [0.2, 0.25) is 0 Å². The van der Waals surface area contributed by atoms with E-state index >= 15 is 0 Å². The molecule has 3 atom stereocenters. The van der Waals surface area contributed by atoms with Crippen LogP contribution in [0.1, 0.15) is 31.2 Å². The molecule has 0 spiro atoms. The van der Waals surface area contributed by atoms with E-state index in [0.717, 1.165) is 54.3 Å². The summed E-state index contributed by atoms with van der Waals surface area (Å²) in [4.78, 5) is 15.3. The van der Waals surface area contributed by atoms with Gasteiger partial charge in [-0.3, -0.25) is 14.6 Å². The molecule has 2 aliphatic heterocycles. The summed E-state index contributed by atoms with van der Waals surface area (Å²) in [6, 6.07) is 17.5. The summed E-state index contributed by atoms with van der Waals surface area (Å²) in [6.45, 7) is 0.873. The second kappa shape index (κ2) is 7.93. The number of aromatic amines is 1. The van der Waals surface area contributed by atoms with E-state index < -0.39 is 0 Å². The summed E-state index contributed by atoms with van der Waals surface area (Å²) in [5.41, 5.74) is 4.61. The summed E-state index contributed by atoms with van der Waals surface area (Å²) < 4.78 is 2.13. The van der Waals surface area contributed by atoms with Crippen LogP contribution in [0.25, 0.3) is 22.0 Å². The summed E-state index contributed by atoms with van der Waals surface area (Å²) in [7, 11) is 0. The largest absolute Gasteiger partial charge is 0.336 e. The SMILES string of the molecule is O=C(CCc1ccccc1)N1C2CCC1C(Cn1ncc3cc(-c4cn[nH]c4)ccc31)C2. The highest BCUT2D eigenvalue weighted by Crippen LogP contribution is 2.43. The van der Waals surface area contributed by atoms with Crippen molar-refractivity contribution in [1.82, 2.24) is 24.9 Å². The van der Waals surface area contributed by atoms with Gasteiger partial charge in [0.1, 0.15) is 0 Å². The first-order chi connectivity index (χ1) is 15.8. The molecule has 1 N–H and O–H groups in total. The molecule has 2 aromatic carbocycles. The van der Waals surface area contributed by atoms with Gasteiger partial charge in [0.15, 0.2) is 0 Å². The van der Waals surface area contributed by atoms with Gasteiger partial charge in [-0.25, -0.2) is 0 Å². The lowest BCUT2D eigenvalue weighted by Crippen LogP contribution is -2.37. The summed E-state index contributed by atoms with van der Waals surface area (Å²) >= 11 is 0. The highest BCUT2D eigenvalue weighted by molar-refractivity contribution is 5.84. The third-order valence-corrected chi connectivity index (χ3v) is 7.30. The van der Waals surface area contributed by atoms with Crippen LogP contribution >= 0.6 is 0 Å². The first-order valence-electron chi connectivity index (χ1n) is 11.6. The number of fused-ring (bicyclic) bond motifs is 3. The molecule has 6 heteroatoms. The van der Waals surface area contributed by atoms with Gasteiger partial charge >= 0.3 is 0 Å². The number of carbonyl (C=O) groups is 1. The lowest BCUT2D eigenvalue weighted by molar-refractivity contribution is -0.132. The number of H-pyrrole nitrogens is 1. The first kappa shape index (κ1) is 19.3. The third kappa shape index (κ3) is 3.40. The van der Waals surface area contributed by atoms with E-state index in [2.05, 4.69) is 50.1 Å². The molecule has 4 aromatic rings. The van der Waals surface area contributed by atoms with E-state index in [0.29, 0.717) is 30.3 Å². The van der Waals surface area contributed by atoms with Crippen LogP contribution < -0.4 is 0 Å². The van der Waals surface area contributed by atoms with Crippen molar-refractivity contribution < 1.29 is 4.79 Å². The van der Waals surface area contributed by atoms with Gasteiger partial charge in [-0.05, 0) is 48.9 Å². The number of nitrogens with one attached hydrogen (secondary N) is 1. The van der Waals surface area contributed by atoms with Gasteiger partial charge in [-0.15, -0.1) is 0 Å². The highest BCUT2D eigenvalue weighted by atomic mass is 16.2. The minimum Gasteiger partial charge on any atom is -0.336 e. The normalized spacial score (nSPS) is 22.1. The number of hydrogen-bond donors (Lipinski definition) is 1. The molecule has 2 aromatic heterocycles. The minimum absolute atomic E-state index is 0.318. The maximum Gasteiger partial charge on any atom is 0.223 e. The van der Waals surface area contributed by atoms with E-state index in [1.807, 2.05) is 36.8 Å². The average molecular weight is 426 g/mol. The monoisotopic (exact) mass is 425 g/mol. The number of carbonyl (C=O) groups excluding carboxylic acids is 1. The second-order valence-electron chi connectivity index (χ2n) is 9.17. The molecule has 0 saturated carbocycles. The molecule has 0 radical (unpaired) electrons. The molecule has 4 heterocycles. The maximum absolute atomic E-state index is 13.1. The van der Waals surface area contributed by atoms with Gasteiger partial charge in [-0.2, -0.15) is 10.2 Å². The molecule has 3 unspecified atom stereocenters. The summed E-state index contributed by atoms with van der Waals surface area (Å²) in [6.07, 6.45) is 10.5. The number of nitrogens with zero attached hydrogens (tertiary/aromatic N) is 4. The number of benzene rings is 2. The Bertz CT molecular complexity index is 1230. The van der Waals surface area contributed by atoms with Crippen LogP contribution in [0.4, 0.5) is 0 Å². The first-order valence-corrected chi connectivity index (χ1v) is 11.6. The van der Waals surface area contributed by atoms with Gasteiger partial charge in [0, 0.05) is 48.1 Å². The van der Waals surface area contributed by atoms with Crippen LogP contribution in [0.5, 0.6) is 0 Å². The lowest BCUT2D eigenvalue weighted by Gasteiger charge is -2.25. The molecular formula is C26H27N5O. The Labute approximate surface area is 187 Å². The fourth-order valence-electron chi connectivity index (χ4n) is 5.77. The van der Waals surface area contributed by atoms with E-state index in [1.165, 1.54) is 5.56 Å². The van der Waals surface area contributed by atoms with Crippen molar-refractivity contribution in [3.63, 3.8) is 0 Å². The van der Waals surface area contributed by atoms with Crippen molar-refractivity contribution >= 4 is 16.8 Å². The van der Waals surface area contributed by atoms with Crippen LogP contribution in [-0.4, -0.2) is 42.9 Å². The molecule has 2 aliphatic rings. The predicted molar refractivity (Wildman–Crippen MR) is 124 cm³/mol. The van der Waals surface area contributed by atoms with Crippen molar-refractivity contribution in [2.24, 2.45) is 5.92 Å². The smallest absolute Gasteiger partial charge is 0.223 e. The fraction of sp³-hybridized carbons (Fsp3) is 0.346. The second-order valence-corrected chi connectivity index (χ2v) is 9.17. The minimum atomic E-state index is 0.318. The van der Waals surface area contributed by atoms with Crippen molar-refractivity contribution in [1.29, 1.82) is 0 Å². The average Bonchev–Trinajstić information content (AvgIpc) is 3.62. The Kier molecular flexibility index (Phi) is 4.78. The Morgan fingerprint density at radius 2 is 1.97 bits per heavy atom. The van der Waals surface area contributed by atoms with Gasteiger partial charge in [0.2, 0.25) is 5.91 Å². The van der Waals surface area contributed by atoms with Gasteiger partial charge in [-0.1, -0.05) is 36.4 Å². The fourth-order valence-corrected chi connectivity index (χ4v) is 5.77.